The van der Waals surface area contributed by atoms with E-state index >= 15 is 0 Å². The van der Waals surface area contributed by atoms with Crippen LogP contribution in [0.25, 0.3) is 0 Å². The first-order valence-electron chi connectivity index (χ1n) is 9.22. The standard InChI is InChI=1S/C21H30N2/c1-15(2)23-11-9-21-8-5-10-22(4)20(19(21)14-23)13-17-7-6-16(3)12-18(17)21/h6-7,12,19-20H,1,5,8-11,13-14H2,2-4H3/t19-,20+,21+/m0/s1. The van der Waals surface area contributed by atoms with Gasteiger partial charge in [0.1, 0.15) is 0 Å². The minimum Gasteiger partial charge on any atom is -0.375 e. The van der Waals surface area contributed by atoms with Crippen molar-refractivity contribution in [2.24, 2.45) is 5.92 Å². The van der Waals surface area contributed by atoms with E-state index in [-0.39, 0.29) is 0 Å². The SMILES string of the molecule is C=C(C)N1CC[C@]23CCCN(C)[C@H](Cc4ccc(C)cc42)[C@@H]3C1. The summed E-state index contributed by atoms with van der Waals surface area (Å²) in [6, 6.07) is 7.93. The van der Waals surface area contributed by atoms with Crippen molar-refractivity contribution in [3.63, 3.8) is 0 Å². The molecule has 0 unspecified atom stereocenters. The number of nitrogens with zero attached hydrogens (tertiary/aromatic N) is 2. The van der Waals surface area contributed by atoms with Crippen LogP contribution in [0.2, 0.25) is 0 Å². The molecule has 0 amide bonds. The highest BCUT2D eigenvalue weighted by Gasteiger charge is 2.52. The monoisotopic (exact) mass is 310 g/mol. The van der Waals surface area contributed by atoms with Crippen LogP contribution in [0.1, 0.15) is 42.9 Å². The number of hydrogen-bond acceptors (Lipinski definition) is 2. The zero-order valence-corrected chi connectivity index (χ0v) is 14.9. The van der Waals surface area contributed by atoms with E-state index in [2.05, 4.69) is 55.5 Å². The van der Waals surface area contributed by atoms with E-state index < -0.39 is 0 Å². The van der Waals surface area contributed by atoms with Gasteiger partial charge < -0.3 is 9.80 Å². The average molecular weight is 310 g/mol. The van der Waals surface area contributed by atoms with Crippen LogP contribution in [-0.4, -0.2) is 42.5 Å². The summed E-state index contributed by atoms with van der Waals surface area (Å²) < 4.78 is 0. The van der Waals surface area contributed by atoms with E-state index in [1.54, 1.807) is 11.1 Å². The molecule has 0 N–H and O–H groups in total. The van der Waals surface area contributed by atoms with Gasteiger partial charge in [0, 0.05) is 36.2 Å². The molecule has 2 heteroatoms. The fourth-order valence-corrected chi connectivity index (χ4v) is 5.61. The van der Waals surface area contributed by atoms with Gasteiger partial charge in [-0.15, -0.1) is 0 Å². The highest BCUT2D eigenvalue weighted by molar-refractivity contribution is 5.43. The second-order valence-corrected chi connectivity index (χ2v) is 8.21. The van der Waals surface area contributed by atoms with Crippen molar-refractivity contribution in [3.8, 4) is 0 Å². The molecule has 2 nitrogen and oxygen atoms in total. The van der Waals surface area contributed by atoms with E-state index in [0.717, 1.165) is 5.92 Å². The maximum Gasteiger partial charge on any atom is 0.0226 e. The number of likely N-dealkylation sites (N-methyl/N-ethyl adjacent to an activating group) is 1. The number of aryl methyl sites for hydroxylation is 1. The second kappa shape index (κ2) is 5.37. The number of fused-ring (bicyclic) bond motifs is 1. The number of allylic oxidation sites excluding steroid dienone is 1. The lowest BCUT2D eigenvalue weighted by atomic mass is 9.56. The molecule has 0 spiro atoms. The molecule has 3 aliphatic rings. The van der Waals surface area contributed by atoms with Gasteiger partial charge >= 0.3 is 0 Å². The molecule has 1 aliphatic carbocycles. The van der Waals surface area contributed by atoms with Gasteiger partial charge in [0.2, 0.25) is 0 Å². The third-order valence-electron chi connectivity index (χ3n) is 6.89. The predicted molar refractivity (Wildman–Crippen MR) is 96.7 cm³/mol. The molecule has 1 aromatic rings. The van der Waals surface area contributed by atoms with E-state index in [1.807, 2.05) is 0 Å². The van der Waals surface area contributed by atoms with Crippen molar-refractivity contribution < 1.29 is 0 Å². The Hall–Kier alpha value is -1.28. The molecule has 4 rings (SSSR count). The molecule has 2 heterocycles. The van der Waals surface area contributed by atoms with Crippen LogP contribution in [0.15, 0.2) is 30.5 Å². The quantitative estimate of drug-likeness (QED) is 0.780. The van der Waals surface area contributed by atoms with Crippen LogP contribution in [0.5, 0.6) is 0 Å². The molecular weight excluding hydrogens is 280 g/mol. The number of rotatable bonds is 1. The van der Waals surface area contributed by atoms with Gasteiger partial charge in [0.05, 0.1) is 0 Å². The smallest absolute Gasteiger partial charge is 0.0226 e. The Kier molecular flexibility index (Phi) is 3.57. The van der Waals surface area contributed by atoms with Gasteiger partial charge in [0.25, 0.3) is 0 Å². The molecule has 0 radical (unpaired) electrons. The summed E-state index contributed by atoms with van der Waals surface area (Å²) in [4.78, 5) is 5.19. The number of likely N-dealkylation sites (tertiary alicyclic amines) is 2. The average Bonchev–Trinajstić information content (AvgIpc) is 2.63. The van der Waals surface area contributed by atoms with Gasteiger partial charge in [-0.1, -0.05) is 30.3 Å². The first kappa shape index (κ1) is 15.3. The zero-order chi connectivity index (χ0) is 16.2. The molecular formula is C21H30N2. The Morgan fingerprint density at radius 2 is 2.09 bits per heavy atom. The van der Waals surface area contributed by atoms with E-state index in [0.29, 0.717) is 11.5 Å². The Balaban J connectivity index is 1.85. The summed E-state index contributed by atoms with van der Waals surface area (Å²) in [5.41, 5.74) is 6.38. The molecule has 0 saturated carbocycles. The van der Waals surface area contributed by atoms with Crippen molar-refractivity contribution in [1.82, 2.24) is 9.80 Å². The van der Waals surface area contributed by atoms with Crippen LogP contribution in [0.4, 0.5) is 0 Å². The first-order valence-corrected chi connectivity index (χ1v) is 9.22. The van der Waals surface area contributed by atoms with E-state index in [9.17, 15) is 0 Å². The van der Waals surface area contributed by atoms with Gasteiger partial charge in [-0.25, -0.2) is 0 Å². The second-order valence-electron chi connectivity index (χ2n) is 8.21. The fraction of sp³-hybridized carbons (Fsp3) is 0.619. The summed E-state index contributed by atoms with van der Waals surface area (Å²) in [7, 11) is 2.35. The van der Waals surface area contributed by atoms with Crippen LogP contribution < -0.4 is 0 Å². The van der Waals surface area contributed by atoms with Gasteiger partial charge in [0.15, 0.2) is 0 Å². The van der Waals surface area contributed by atoms with Crippen LogP contribution >= 0.6 is 0 Å². The molecule has 124 valence electrons. The zero-order valence-electron chi connectivity index (χ0n) is 14.9. The van der Waals surface area contributed by atoms with Crippen molar-refractivity contribution in [3.05, 3.63) is 47.2 Å². The summed E-state index contributed by atoms with van der Waals surface area (Å²) >= 11 is 0. The van der Waals surface area contributed by atoms with Gasteiger partial charge in [-0.2, -0.15) is 0 Å². The molecule has 2 aliphatic heterocycles. The lowest BCUT2D eigenvalue weighted by Gasteiger charge is -2.55. The topological polar surface area (TPSA) is 6.48 Å². The maximum absolute atomic E-state index is 4.22. The molecule has 3 atom stereocenters. The fourth-order valence-electron chi connectivity index (χ4n) is 5.61. The summed E-state index contributed by atoms with van der Waals surface area (Å²) in [5, 5.41) is 0. The van der Waals surface area contributed by atoms with Crippen molar-refractivity contribution in [1.29, 1.82) is 0 Å². The molecule has 2 fully saturated rings. The molecule has 2 bridgehead atoms. The highest BCUT2D eigenvalue weighted by atomic mass is 15.2. The van der Waals surface area contributed by atoms with Crippen LogP contribution in [0.3, 0.4) is 0 Å². The Labute approximate surface area is 141 Å². The summed E-state index contributed by atoms with van der Waals surface area (Å²) in [6.07, 6.45) is 5.22. The van der Waals surface area contributed by atoms with Crippen molar-refractivity contribution >= 4 is 0 Å². The lowest BCUT2D eigenvalue weighted by molar-refractivity contribution is 0.0463. The molecule has 23 heavy (non-hydrogen) atoms. The number of benzene rings is 1. The van der Waals surface area contributed by atoms with Crippen molar-refractivity contribution in [2.45, 2.75) is 51.0 Å². The normalized spacial score (nSPS) is 33.6. The lowest BCUT2D eigenvalue weighted by Crippen LogP contribution is -2.58. The third-order valence-corrected chi connectivity index (χ3v) is 6.89. The van der Waals surface area contributed by atoms with Crippen molar-refractivity contribution in [2.75, 3.05) is 26.7 Å². The largest absolute Gasteiger partial charge is 0.375 e. The minimum absolute atomic E-state index is 0.404. The Morgan fingerprint density at radius 3 is 2.87 bits per heavy atom. The van der Waals surface area contributed by atoms with Gasteiger partial charge in [-0.05, 0) is 64.3 Å². The summed E-state index contributed by atoms with van der Waals surface area (Å²) in [6.45, 7) is 12.3. The maximum atomic E-state index is 4.22. The molecule has 1 aromatic carbocycles. The number of hydrogen-bond donors (Lipinski definition) is 0. The van der Waals surface area contributed by atoms with E-state index in [1.165, 1.54) is 56.6 Å². The minimum atomic E-state index is 0.404. The number of piperidine rings is 1. The highest BCUT2D eigenvalue weighted by Crippen LogP contribution is 2.52. The third kappa shape index (κ3) is 2.26. The Morgan fingerprint density at radius 1 is 1.26 bits per heavy atom. The first-order chi connectivity index (χ1) is 11.0. The molecule has 0 aromatic heterocycles. The Bertz CT molecular complexity index is 635. The van der Waals surface area contributed by atoms with E-state index in [4.69, 9.17) is 0 Å². The van der Waals surface area contributed by atoms with Crippen LogP contribution in [0, 0.1) is 12.8 Å². The van der Waals surface area contributed by atoms with Gasteiger partial charge in [-0.3, -0.25) is 0 Å². The van der Waals surface area contributed by atoms with Crippen LogP contribution in [-0.2, 0) is 11.8 Å². The summed E-state index contributed by atoms with van der Waals surface area (Å²) in [5.74, 6) is 0.745. The predicted octanol–water partition coefficient (Wildman–Crippen LogP) is 3.74. The molecule has 2 saturated heterocycles.